The number of hydrogen-bond acceptors (Lipinski definition) is 1. The van der Waals surface area contributed by atoms with E-state index in [0.29, 0.717) is 5.92 Å². The van der Waals surface area contributed by atoms with Gasteiger partial charge in [0.15, 0.2) is 0 Å². The molecule has 0 aliphatic rings. The van der Waals surface area contributed by atoms with E-state index in [4.69, 9.17) is 0 Å². The third kappa shape index (κ3) is 3.37. The van der Waals surface area contributed by atoms with E-state index >= 15 is 0 Å². The van der Waals surface area contributed by atoms with Crippen LogP contribution in [0.15, 0.2) is 78.9 Å². The Morgan fingerprint density at radius 1 is 0.636 bits per heavy atom. The summed E-state index contributed by atoms with van der Waals surface area (Å²) in [6, 6.07) is 27.7. The molecule has 0 bridgehead atoms. The van der Waals surface area contributed by atoms with Crippen molar-refractivity contribution in [1.29, 1.82) is 0 Å². The van der Waals surface area contributed by atoms with Crippen molar-refractivity contribution < 1.29 is 0 Å². The Kier molecular flexibility index (Phi) is 4.24. The fourth-order valence-electron chi connectivity index (χ4n) is 2.59. The highest BCUT2D eigenvalue weighted by molar-refractivity contribution is 5.59. The Labute approximate surface area is 132 Å². The Morgan fingerprint density at radius 2 is 1.14 bits per heavy atom. The first kappa shape index (κ1) is 14.4. The quantitative estimate of drug-likeness (QED) is 0.631. The standard InChI is InChI=1S/C21H21N/c1-16-8-10-18(11-9-16)17(2)19-12-14-21(15-13-19)22-20-6-4-3-5-7-20/h3-15,17,22H,1-2H3. The summed E-state index contributed by atoms with van der Waals surface area (Å²) in [6.45, 7) is 4.38. The van der Waals surface area contributed by atoms with Crippen molar-refractivity contribution in [2.24, 2.45) is 0 Å². The second-order valence-corrected chi connectivity index (χ2v) is 5.75. The molecule has 3 aromatic rings. The van der Waals surface area contributed by atoms with Crippen LogP contribution in [0.3, 0.4) is 0 Å². The molecule has 1 atom stereocenters. The SMILES string of the molecule is Cc1ccc(C(C)c2ccc(Nc3ccccc3)cc2)cc1. The van der Waals surface area contributed by atoms with Gasteiger partial charge in [-0.05, 0) is 42.3 Å². The molecule has 0 heterocycles. The first-order chi connectivity index (χ1) is 10.7. The molecule has 1 N–H and O–H groups in total. The molecule has 0 fully saturated rings. The average Bonchev–Trinajstić information content (AvgIpc) is 2.57. The van der Waals surface area contributed by atoms with E-state index in [1.165, 1.54) is 16.7 Å². The van der Waals surface area contributed by atoms with Gasteiger partial charge in [-0.15, -0.1) is 0 Å². The molecule has 0 saturated heterocycles. The predicted octanol–water partition coefficient (Wildman–Crippen LogP) is 5.89. The highest BCUT2D eigenvalue weighted by Crippen LogP contribution is 2.26. The minimum atomic E-state index is 0.409. The maximum atomic E-state index is 3.42. The van der Waals surface area contributed by atoms with Crippen molar-refractivity contribution in [2.45, 2.75) is 19.8 Å². The van der Waals surface area contributed by atoms with Crippen molar-refractivity contribution >= 4 is 11.4 Å². The number of aryl methyl sites for hydroxylation is 1. The molecule has 0 amide bonds. The van der Waals surface area contributed by atoms with Gasteiger partial charge < -0.3 is 5.32 Å². The van der Waals surface area contributed by atoms with E-state index in [-0.39, 0.29) is 0 Å². The summed E-state index contributed by atoms with van der Waals surface area (Å²) >= 11 is 0. The molecular weight excluding hydrogens is 266 g/mol. The van der Waals surface area contributed by atoms with Crippen LogP contribution < -0.4 is 5.32 Å². The van der Waals surface area contributed by atoms with Crippen molar-refractivity contribution in [3.8, 4) is 0 Å². The lowest BCUT2D eigenvalue weighted by Gasteiger charge is -2.14. The van der Waals surface area contributed by atoms with Crippen LogP contribution in [0.1, 0.15) is 29.5 Å². The first-order valence-corrected chi connectivity index (χ1v) is 7.71. The Balaban J connectivity index is 1.75. The topological polar surface area (TPSA) is 12.0 Å². The monoisotopic (exact) mass is 287 g/mol. The van der Waals surface area contributed by atoms with Gasteiger partial charge in [-0.1, -0.05) is 67.1 Å². The molecule has 0 aromatic heterocycles. The molecule has 0 aliphatic carbocycles. The second kappa shape index (κ2) is 6.48. The zero-order valence-electron chi connectivity index (χ0n) is 13.1. The molecule has 1 unspecified atom stereocenters. The fourth-order valence-corrected chi connectivity index (χ4v) is 2.59. The van der Waals surface area contributed by atoms with Gasteiger partial charge in [0.25, 0.3) is 0 Å². The third-order valence-electron chi connectivity index (χ3n) is 4.05. The molecule has 1 nitrogen and oxygen atoms in total. The van der Waals surface area contributed by atoms with Crippen LogP contribution in [-0.4, -0.2) is 0 Å². The summed E-state index contributed by atoms with van der Waals surface area (Å²) in [6.07, 6.45) is 0. The van der Waals surface area contributed by atoms with Gasteiger partial charge in [0.05, 0.1) is 0 Å². The van der Waals surface area contributed by atoms with Crippen LogP contribution in [0.5, 0.6) is 0 Å². The number of nitrogens with one attached hydrogen (secondary N) is 1. The number of para-hydroxylation sites is 1. The number of benzene rings is 3. The van der Waals surface area contributed by atoms with Gasteiger partial charge in [0, 0.05) is 17.3 Å². The lowest BCUT2D eigenvalue weighted by atomic mass is 9.92. The van der Waals surface area contributed by atoms with Crippen LogP contribution in [0.25, 0.3) is 0 Å². The Morgan fingerprint density at radius 3 is 1.73 bits per heavy atom. The van der Waals surface area contributed by atoms with E-state index in [0.717, 1.165) is 11.4 Å². The van der Waals surface area contributed by atoms with Crippen molar-refractivity contribution in [3.63, 3.8) is 0 Å². The zero-order valence-corrected chi connectivity index (χ0v) is 13.1. The Bertz CT molecular complexity index is 712. The summed E-state index contributed by atoms with van der Waals surface area (Å²) in [5.74, 6) is 0.409. The lowest BCUT2D eigenvalue weighted by molar-refractivity contribution is 0.921. The molecule has 22 heavy (non-hydrogen) atoms. The number of rotatable bonds is 4. The van der Waals surface area contributed by atoms with Gasteiger partial charge in [0.2, 0.25) is 0 Å². The summed E-state index contributed by atoms with van der Waals surface area (Å²) < 4.78 is 0. The first-order valence-electron chi connectivity index (χ1n) is 7.71. The molecule has 3 aromatic carbocycles. The predicted molar refractivity (Wildman–Crippen MR) is 94.9 cm³/mol. The maximum Gasteiger partial charge on any atom is 0.0384 e. The summed E-state index contributed by atoms with van der Waals surface area (Å²) in [7, 11) is 0. The second-order valence-electron chi connectivity index (χ2n) is 5.75. The van der Waals surface area contributed by atoms with Gasteiger partial charge >= 0.3 is 0 Å². The molecule has 110 valence electrons. The molecule has 0 spiro atoms. The van der Waals surface area contributed by atoms with Crippen molar-refractivity contribution in [1.82, 2.24) is 0 Å². The Hall–Kier alpha value is -2.54. The molecule has 0 aliphatic heterocycles. The fraction of sp³-hybridized carbons (Fsp3) is 0.143. The summed E-state index contributed by atoms with van der Waals surface area (Å²) in [5.41, 5.74) is 6.23. The molecule has 0 saturated carbocycles. The van der Waals surface area contributed by atoms with Crippen molar-refractivity contribution in [2.75, 3.05) is 5.32 Å². The van der Waals surface area contributed by atoms with Gasteiger partial charge in [-0.3, -0.25) is 0 Å². The highest BCUT2D eigenvalue weighted by Gasteiger charge is 2.08. The third-order valence-corrected chi connectivity index (χ3v) is 4.05. The van der Waals surface area contributed by atoms with E-state index < -0.39 is 0 Å². The lowest BCUT2D eigenvalue weighted by Crippen LogP contribution is -1.97. The largest absolute Gasteiger partial charge is 0.356 e. The number of anilines is 2. The van der Waals surface area contributed by atoms with Crippen LogP contribution in [0, 0.1) is 6.92 Å². The van der Waals surface area contributed by atoms with E-state index in [2.05, 4.69) is 79.8 Å². The highest BCUT2D eigenvalue weighted by atomic mass is 14.9. The smallest absolute Gasteiger partial charge is 0.0384 e. The van der Waals surface area contributed by atoms with Crippen LogP contribution in [0.2, 0.25) is 0 Å². The summed E-state index contributed by atoms with van der Waals surface area (Å²) in [4.78, 5) is 0. The average molecular weight is 287 g/mol. The molecule has 3 rings (SSSR count). The van der Waals surface area contributed by atoms with Gasteiger partial charge in [-0.2, -0.15) is 0 Å². The minimum Gasteiger partial charge on any atom is -0.356 e. The van der Waals surface area contributed by atoms with Crippen LogP contribution >= 0.6 is 0 Å². The molecular formula is C21H21N. The minimum absolute atomic E-state index is 0.409. The normalized spacial score (nSPS) is 11.9. The van der Waals surface area contributed by atoms with Crippen molar-refractivity contribution in [3.05, 3.63) is 95.6 Å². The van der Waals surface area contributed by atoms with Crippen LogP contribution in [-0.2, 0) is 0 Å². The zero-order chi connectivity index (χ0) is 15.4. The molecule has 1 heteroatoms. The number of hydrogen-bond donors (Lipinski definition) is 1. The van der Waals surface area contributed by atoms with E-state index in [1.807, 2.05) is 18.2 Å². The van der Waals surface area contributed by atoms with Gasteiger partial charge in [0.1, 0.15) is 0 Å². The van der Waals surface area contributed by atoms with E-state index in [9.17, 15) is 0 Å². The molecule has 0 radical (unpaired) electrons. The van der Waals surface area contributed by atoms with Crippen LogP contribution in [0.4, 0.5) is 11.4 Å². The maximum absolute atomic E-state index is 3.42. The van der Waals surface area contributed by atoms with Gasteiger partial charge in [-0.25, -0.2) is 0 Å². The summed E-state index contributed by atoms with van der Waals surface area (Å²) in [5, 5.41) is 3.42. The van der Waals surface area contributed by atoms with E-state index in [1.54, 1.807) is 0 Å².